The van der Waals surface area contributed by atoms with E-state index in [0.29, 0.717) is 10.8 Å². The van der Waals surface area contributed by atoms with Gasteiger partial charge in [-0.25, -0.2) is 0 Å². The fourth-order valence-corrected chi connectivity index (χ4v) is 4.92. The standard InChI is InChI=1S/C22H22ClN7O2/c1-13-26-27-21-16(7-18(31)29-9-22(10-29)11-32-12-22)25-19(14-3-5-15(23)6-4-14)20-17(30(13)21)8-24-28(20)2/h3-6,8,16H,7,9-12H2,1-2H3/t16-/m0/s1. The normalized spacial score (nSPS) is 20.7. The van der Waals surface area contributed by atoms with Crippen LogP contribution in [0.15, 0.2) is 35.5 Å². The van der Waals surface area contributed by atoms with E-state index in [9.17, 15) is 4.79 Å². The molecule has 10 heteroatoms. The number of fused-ring (bicyclic) bond motifs is 3. The van der Waals surface area contributed by atoms with Gasteiger partial charge in [0, 0.05) is 30.7 Å². The molecule has 6 rings (SSSR count). The van der Waals surface area contributed by atoms with Crippen LogP contribution in [0.25, 0.3) is 5.69 Å². The molecule has 0 saturated carbocycles. The number of aryl methyl sites for hydroxylation is 2. The topological polar surface area (TPSA) is 90.4 Å². The monoisotopic (exact) mass is 451 g/mol. The van der Waals surface area contributed by atoms with Crippen LogP contribution in [0.4, 0.5) is 0 Å². The van der Waals surface area contributed by atoms with Crippen molar-refractivity contribution in [1.29, 1.82) is 0 Å². The minimum absolute atomic E-state index is 0.0722. The second-order valence-electron chi connectivity index (χ2n) is 8.89. The molecule has 0 radical (unpaired) electrons. The predicted molar refractivity (Wildman–Crippen MR) is 117 cm³/mol. The van der Waals surface area contributed by atoms with E-state index in [1.165, 1.54) is 0 Å². The highest BCUT2D eigenvalue weighted by atomic mass is 35.5. The minimum Gasteiger partial charge on any atom is -0.380 e. The molecule has 0 unspecified atom stereocenters. The molecule has 1 amide bonds. The van der Waals surface area contributed by atoms with Crippen LogP contribution in [0.2, 0.25) is 5.02 Å². The number of aliphatic imine (C=N–C) groups is 1. The molecular weight excluding hydrogens is 430 g/mol. The van der Waals surface area contributed by atoms with Gasteiger partial charge in [-0.15, -0.1) is 10.2 Å². The minimum atomic E-state index is -0.462. The first kappa shape index (κ1) is 19.6. The zero-order valence-electron chi connectivity index (χ0n) is 17.8. The van der Waals surface area contributed by atoms with E-state index in [0.717, 1.165) is 54.8 Å². The first-order valence-electron chi connectivity index (χ1n) is 10.6. The Labute approximate surface area is 189 Å². The van der Waals surface area contributed by atoms with Gasteiger partial charge in [-0.1, -0.05) is 23.7 Å². The van der Waals surface area contributed by atoms with Crippen molar-refractivity contribution in [2.75, 3.05) is 26.3 Å². The molecule has 1 spiro atoms. The summed E-state index contributed by atoms with van der Waals surface area (Å²) < 4.78 is 9.09. The van der Waals surface area contributed by atoms with Crippen LogP contribution < -0.4 is 0 Å². The molecule has 0 N–H and O–H groups in total. The summed E-state index contributed by atoms with van der Waals surface area (Å²) in [5.41, 5.74) is 3.54. The Bertz CT molecular complexity index is 1250. The van der Waals surface area contributed by atoms with Crippen molar-refractivity contribution < 1.29 is 9.53 Å². The molecule has 0 bridgehead atoms. The number of amides is 1. The smallest absolute Gasteiger partial charge is 0.225 e. The Morgan fingerprint density at radius 2 is 1.97 bits per heavy atom. The lowest BCUT2D eigenvalue weighted by molar-refractivity contribution is -0.195. The maximum absolute atomic E-state index is 13.1. The number of carbonyl (C=O) groups is 1. The third kappa shape index (κ3) is 2.91. The number of carbonyl (C=O) groups excluding carboxylic acids is 1. The highest BCUT2D eigenvalue weighted by Crippen LogP contribution is 2.39. The summed E-state index contributed by atoms with van der Waals surface area (Å²) in [5, 5.41) is 13.8. The first-order valence-corrected chi connectivity index (χ1v) is 11.0. The molecule has 2 fully saturated rings. The maximum atomic E-state index is 13.1. The van der Waals surface area contributed by atoms with E-state index >= 15 is 0 Å². The molecule has 2 aromatic heterocycles. The molecule has 0 aliphatic carbocycles. The van der Waals surface area contributed by atoms with Crippen LogP contribution in [0, 0.1) is 12.3 Å². The highest BCUT2D eigenvalue weighted by Gasteiger charge is 2.50. The van der Waals surface area contributed by atoms with Crippen molar-refractivity contribution in [3.8, 4) is 5.69 Å². The second-order valence-corrected chi connectivity index (χ2v) is 9.33. The van der Waals surface area contributed by atoms with E-state index in [4.69, 9.17) is 21.3 Å². The lowest BCUT2D eigenvalue weighted by Gasteiger charge is -2.55. The Balaban J connectivity index is 1.42. The van der Waals surface area contributed by atoms with Crippen molar-refractivity contribution in [2.24, 2.45) is 17.5 Å². The number of hydrogen-bond donors (Lipinski definition) is 0. The van der Waals surface area contributed by atoms with E-state index < -0.39 is 6.04 Å². The van der Waals surface area contributed by atoms with E-state index in [1.807, 2.05) is 47.7 Å². The number of aromatic nitrogens is 5. The molecule has 1 aromatic carbocycles. The molecule has 5 heterocycles. The molecule has 3 aliphatic heterocycles. The number of ether oxygens (including phenoxy) is 1. The average molecular weight is 452 g/mol. The van der Waals surface area contributed by atoms with Crippen molar-refractivity contribution in [3.63, 3.8) is 0 Å². The molecule has 164 valence electrons. The lowest BCUT2D eigenvalue weighted by Crippen LogP contribution is -2.67. The summed E-state index contributed by atoms with van der Waals surface area (Å²) in [6, 6.07) is 7.09. The maximum Gasteiger partial charge on any atom is 0.225 e. The predicted octanol–water partition coefficient (Wildman–Crippen LogP) is 2.10. The summed E-state index contributed by atoms with van der Waals surface area (Å²) in [7, 11) is 1.88. The molecule has 2 saturated heterocycles. The molecule has 3 aromatic rings. The highest BCUT2D eigenvalue weighted by molar-refractivity contribution is 6.30. The Kier molecular flexibility index (Phi) is 4.28. The number of benzene rings is 1. The molecule has 9 nitrogen and oxygen atoms in total. The van der Waals surface area contributed by atoms with Gasteiger partial charge in [0.25, 0.3) is 0 Å². The van der Waals surface area contributed by atoms with Gasteiger partial charge in [0.15, 0.2) is 5.82 Å². The summed E-state index contributed by atoms with van der Waals surface area (Å²) in [6.07, 6.45) is 2.02. The van der Waals surface area contributed by atoms with Gasteiger partial charge in [-0.3, -0.25) is 19.0 Å². The van der Waals surface area contributed by atoms with E-state index in [2.05, 4.69) is 15.3 Å². The van der Waals surface area contributed by atoms with Gasteiger partial charge in [0.1, 0.15) is 17.6 Å². The van der Waals surface area contributed by atoms with E-state index in [1.54, 1.807) is 10.9 Å². The molecule has 1 atom stereocenters. The summed E-state index contributed by atoms with van der Waals surface area (Å²) in [4.78, 5) is 20.1. The summed E-state index contributed by atoms with van der Waals surface area (Å²) >= 11 is 6.13. The van der Waals surface area contributed by atoms with Crippen LogP contribution in [-0.4, -0.2) is 67.4 Å². The van der Waals surface area contributed by atoms with Crippen molar-refractivity contribution in [3.05, 3.63) is 58.4 Å². The quantitative estimate of drug-likeness (QED) is 0.608. The fourth-order valence-electron chi connectivity index (χ4n) is 4.79. The summed E-state index contributed by atoms with van der Waals surface area (Å²) in [5.74, 6) is 1.45. The third-order valence-corrected chi connectivity index (χ3v) is 6.78. The zero-order valence-corrected chi connectivity index (χ0v) is 18.6. The second kappa shape index (κ2) is 6.98. The van der Waals surface area contributed by atoms with Gasteiger partial charge in [-0.05, 0) is 19.1 Å². The Hall–Kier alpha value is -3.04. The SMILES string of the molecule is Cc1nnc2n1-c1cnn(C)c1C(c1ccc(Cl)cc1)=N[C@H]2CC(=O)N1CC2(COC2)C1. The van der Waals surface area contributed by atoms with Crippen molar-refractivity contribution in [2.45, 2.75) is 19.4 Å². The largest absolute Gasteiger partial charge is 0.380 e. The van der Waals surface area contributed by atoms with Gasteiger partial charge < -0.3 is 9.64 Å². The first-order chi connectivity index (χ1) is 15.4. The fraction of sp³-hybridized carbons (Fsp3) is 0.409. The van der Waals surface area contributed by atoms with Gasteiger partial charge in [0.05, 0.1) is 42.6 Å². The zero-order chi connectivity index (χ0) is 22.0. The molecular formula is C22H22ClN7O2. The van der Waals surface area contributed by atoms with Crippen molar-refractivity contribution in [1.82, 2.24) is 29.4 Å². The number of likely N-dealkylation sites (tertiary alicyclic amines) is 1. The number of halogens is 1. The van der Waals surface area contributed by atoms with Gasteiger partial charge in [0.2, 0.25) is 5.91 Å². The van der Waals surface area contributed by atoms with Gasteiger partial charge in [-0.2, -0.15) is 5.10 Å². The van der Waals surface area contributed by atoms with E-state index in [-0.39, 0.29) is 17.7 Å². The number of nitrogens with zero attached hydrogens (tertiary/aromatic N) is 7. The summed E-state index contributed by atoms with van der Waals surface area (Å²) in [6.45, 7) is 4.89. The lowest BCUT2D eigenvalue weighted by atomic mass is 9.78. The van der Waals surface area contributed by atoms with Crippen molar-refractivity contribution >= 4 is 23.2 Å². The van der Waals surface area contributed by atoms with Crippen LogP contribution >= 0.6 is 11.6 Å². The molecule has 32 heavy (non-hydrogen) atoms. The Morgan fingerprint density at radius 1 is 1.22 bits per heavy atom. The van der Waals surface area contributed by atoms with Crippen LogP contribution in [0.1, 0.15) is 35.4 Å². The number of hydrogen-bond acceptors (Lipinski definition) is 6. The Morgan fingerprint density at radius 3 is 2.66 bits per heavy atom. The van der Waals surface area contributed by atoms with Gasteiger partial charge >= 0.3 is 0 Å². The number of rotatable bonds is 3. The third-order valence-electron chi connectivity index (χ3n) is 6.52. The van der Waals surface area contributed by atoms with Crippen LogP contribution in [0.3, 0.4) is 0 Å². The van der Waals surface area contributed by atoms with Crippen LogP contribution in [-0.2, 0) is 16.6 Å². The molecule has 3 aliphatic rings. The van der Waals surface area contributed by atoms with Crippen LogP contribution in [0.5, 0.6) is 0 Å². The average Bonchev–Trinajstić information content (AvgIpc) is 3.22.